The Morgan fingerprint density at radius 3 is 2.68 bits per heavy atom. The highest BCUT2D eigenvalue weighted by atomic mass is 16.3. The van der Waals surface area contributed by atoms with Gasteiger partial charge in [-0.2, -0.15) is 4.91 Å². The molecule has 0 aliphatic heterocycles. The van der Waals surface area contributed by atoms with Crippen LogP contribution in [0.3, 0.4) is 0 Å². The number of allylic oxidation sites excluding steroid dienone is 1. The van der Waals surface area contributed by atoms with E-state index in [1.54, 1.807) is 0 Å². The fourth-order valence-electron chi connectivity index (χ4n) is 4.88. The summed E-state index contributed by atoms with van der Waals surface area (Å²) < 4.78 is 0. The number of hydrogen-bond donors (Lipinski definition) is 2. The van der Waals surface area contributed by atoms with Crippen molar-refractivity contribution in [3.63, 3.8) is 0 Å². The molecule has 1 aromatic carbocycles. The van der Waals surface area contributed by atoms with Gasteiger partial charge < -0.3 is 11.5 Å². The fraction of sp³-hybridized carbons (Fsp3) is 0.545. The van der Waals surface area contributed by atoms with Crippen LogP contribution in [0.5, 0.6) is 0 Å². The minimum atomic E-state index is -0.543. The summed E-state index contributed by atoms with van der Waals surface area (Å²) in [6.07, 6.45) is 9.41. The fourth-order valence-corrected chi connectivity index (χ4v) is 4.88. The van der Waals surface area contributed by atoms with E-state index in [1.807, 2.05) is 49.4 Å². The number of benzene rings is 1. The van der Waals surface area contributed by atoms with Crippen molar-refractivity contribution in [2.24, 2.45) is 39.6 Å². The standard InChI is InChI=1S/C22H30N4O2/c1-22(24,9-10-23)14-15-11-17-13-21(26-28)18(19(17)12-15)7-8-20(25-27)16-5-3-2-4-6-16/h2-8,11,17-21H,9-10,12-14,23-24H2,1H3/b8-7+/t17?,18-,19?,20-,21-,22?/m1/s1. The second kappa shape index (κ2) is 8.88. The van der Waals surface area contributed by atoms with Crippen LogP contribution < -0.4 is 11.5 Å². The molecule has 3 rings (SSSR count). The SMILES string of the molecule is CC(N)(CCN)CC1=CC2C[C@@H](N=O)[C@H](/C=C/[C@@H](N=O)c3ccccc3)C2C1. The van der Waals surface area contributed by atoms with Crippen molar-refractivity contribution in [2.75, 3.05) is 6.54 Å². The van der Waals surface area contributed by atoms with Crippen LogP contribution in [-0.2, 0) is 0 Å². The van der Waals surface area contributed by atoms with Gasteiger partial charge >= 0.3 is 0 Å². The summed E-state index contributed by atoms with van der Waals surface area (Å²) in [5.74, 6) is 0.717. The first kappa shape index (κ1) is 20.6. The van der Waals surface area contributed by atoms with Crippen molar-refractivity contribution in [1.29, 1.82) is 0 Å². The molecule has 0 saturated heterocycles. The van der Waals surface area contributed by atoms with E-state index in [1.165, 1.54) is 5.57 Å². The van der Waals surface area contributed by atoms with Crippen LogP contribution in [0, 0.1) is 27.6 Å². The summed E-state index contributed by atoms with van der Waals surface area (Å²) in [5.41, 5.74) is 14.0. The first-order valence-electron chi connectivity index (χ1n) is 10.0. The van der Waals surface area contributed by atoms with E-state index in [2.05, 4.69) is 16.4 Å². The molecule has 0 amide bonds. The van der Waals surface area contributed by atoms with Crippen LogP contribution >= 0.6 is 0 Å². The van der Waals surface area contributed by atoms with Crippen molar-refractivity contribution in [2.45, 2.75) is 50.2 Å². The van der Waals surface area contributed by atoms with Gasteiger partial charge in [-0.15, -0.1) is 4.91 Å². The maximum absolute atomic E-state index is 11.4. The number of nitrogens with zero attached hydrogens (tertiary/aromatic N) is 2. The highest BCUT2D eigenvalue weighted by Gasteiger charge is 2.45. The lowest BCUT2D eigenvalue weighted by Crippen LogP contribution is -2.38. The molecule has 2 aliphatic rings. The van der Waals surface area contributed by atoms with Gasteiger partial charge in [0.25, 0.3) is 0 Å². The van der Waals surface area contributed by atoms with Crippen LogP contribution in [0.4, 0.5) is 0 Å². The second-order valence-electron chi connectivity index (χ2n) is 8.56. The summed E-state index contributed by atoms with van der Waals surface area (Å²) in [7, 11) is 0. The maximum Gasteiger partial charge on any atom is 0.135 e. The number of nitrogens with two attached hydrogens (primary N) is 2. The van der Waals surface area contributed by atoms with Gasteiger partial charge in [0, 0.05) is 11.5 Å². The lowest BCUT2D eigenvalue weighted by atomic mass is 9.85. The molecule has 4 N–H and O–H groups in total. The van der Waals surface area contributed by atoms with Crippen molar-refractivity contribution in [3.05, 3.63) is 69.5 Å². The monoisotopic (exact) mass is 382 g/mol. The Morgan fingerprint density at radius 1 is 1.29 bits per heavy atom. The molecule has 3 unspecified atom stereocenters. The molecule has 6 atom stereocenters. The van der Waals surface area contributed by atoms with E-state index >= 15 is 0 Å². The summed E-state index contributed by atoms with van der Waals surface area (Å²) >= 11 is 0. The van der Waals surface area contributed by atoms with E-state index in [-0.39, 0.29) is 17.5 Å². The molecule has 6 heteroatoms. The third-order valence-corrected chi connectivity index (χ3v) is 6.20. The molecule has 0 aromatic heterocycles. The topological polar surface area (TPSA) is 111 Å². The molecule has 1 aromatic rings. The first-order chi connectivity index (χ1) is 13.5. The van der Waals surface area contributed by atoms with Crippen molar-refractivity contribution in [1.82, 2.24) is 0 Å². The van der Waals surface area contributed by atoms with E-state index < -0.39 is 6.04 Å². The second-order valence-corrected chi connectivity index (χ2v) is 8.56. The van der Waals surface area contributed by atoms with Crippen LogP contribution in [0.2, 0.25) is 0 Å². The smallest absolute Gasteiger partial charge is 0.135 e. The van der Waals surface area contributed by atoms with Gasteiger partial charge in [0.2, 0.25) is 0 Å². The van der Waals surface area contributed by atoms with Gasteiger partial charge in [-0.1, -0.05) is 64.5 Å². The average Bonchev–Trinajstić information content (AvgIpc) is 3.19. The van der Waals surface area contributed by atoms with E-state index in [0.717, 1.165) is 31.2 Å². The zero-order valence-electron chi connectivity index (χ0n) is 16.4. The molecule has 0 heterocycles. The van der Waals surface area contributed by atoms with Crippen molar-refractivity contribution >= 4 is 0 Å². The van der Waals surface area contributed by atoms with Gasteiger partial charge in [0.1, 0.15) is 6.04 Å². The number of hydrogen-bond acceptors (Lipinski definition) is 6. The van der Waals surface area contributed by atoms with Gasteiger partial charge in [0.15, 0.2) is 0 Å². The van der Waals surface area contributed by atoms with Gasteiger partial charge in [-0.25, -0.2) is 0 Å². The van der Waals surface area contributed by atoms with E-state index in [0.29, 0.717) is 18.4 Å². The summed E-state index contributed by atoms with van der Waals surface area (Å²) in [6.45, 7) is 2.62. The largest absolute Gasteiger partial charge is 0.330 e. The third-order valence-electron chi connectivity index (χ3n) is 6.20. The summed E-state index contributed by atoms with van der Waals surface area (Å²) in [5, 5.41) is 6.63. The van der Waals surface area contributed by atoms with Crippen LogP contribution in [0.1, 0.15) is 44.2 Å². The zero-order valence-corrected chi connectivity index (χ0v) is 16.4. The van der Waals surface area contributed by atoms with E-state index in [9.17, 15) is 9.81 Å². The predicted octanol–water partition coefficient (Wildman–Crippen LogP) is 4.22. The predicted molar refractivity (Wildman–Crippen MR) is 112 cm³/mol. The Bertz CT molecular complexity index is 744. The Kier molecular flexibility index (Phi) is 6.52. The highest BCUT2D eigenvalue weighted by Crippen LogP contribution is 2.49. The molecule has 1 saturated carbocycles. The molecule has 1 fully saturated rings. The number of fused-ring (bicyclic) bond motifs is 1. The minimum absolute atomic E-state index is 0.0303. The van der Waals surface area contributed by atoms with Crippen LogP contribution in [0.15, 0.2) is 64.5 Å². The molecule has 28 heavy (non-hydrogen) atoms. The Balaban J connectivity index is 1.72. The number of rotatable bonds is 9. The average molecular weight is 383 g/mol. The summed E-state index contributed by atoms with van der Waals surface area (Å²) in [6, 6.07) is 8.67. The Morgan fingerprint density at radius 2 is 2.04 bits per heavy atom. The molecule has 0 bridgehead atoms. The molecular weight excluding hydrogens is 352 g/mol. The van der Waals surface area contributed by atoms with Crippen LogP contribution in [-0.4, -0.2) is 18.1 Å². The van der Waals surface area contributed by atoms with Crippen molar-refractivity contribution < 1.29 is 0 Å². The molecule has 150 valence electrons. The van der Waals surface area contributed by atoms with Gasteiger partial charge in [0.05, 0.1) is 6.04 Å². The quantitative estimate of drug-likeness (QED) is 0.492. The molecule has 0 spiro atoms. The Hall–Kier alpha value is -2.18. The Labute approximate surface area is 166 Å². The van der Waals surface area contributed by atoms with Crippen LogP contribution in [0.25, 0.3) is 0 Å². The van der Waals surface area contributed by atoms with Gasteiger partial charge in [-0.3, -0.25) is 0 Å². The number of nitroso groups, excluding NO2 is 2. The normalized spacial score (nSPS) is 29.9. The first-order valence-corrected chi connectivity index (χ1v) is 10.0. The lowest BCUT2D eigenvalue weighted by Gasteiger charge is -2.25. The molecular formula is C22H30N4O2. The van der Waals surface area contributed by atoms with Gasteiger partial charge in [-0.05, 0) is 56.6 Å². The van der Waals surface area contributed by atoms with E-state index in [4.69, 9.17) is 11.5 Å². The molecule has 0 radical (unpaired) electrons. The maximum atomic E-state index is 11.4. The summed E-state index contributed by atoms with van der Waals surface area (Å²) in [4.78, 5) is 22.7. The molecule has 6 nitrogen and oxygen atoms in total. The lowest BCUT2D eigenvalue weighted by molar-refractivity contribution is 0.390. The molecule has 2 aliphatic carbocycles. The third kappa shape index (κ3) is 4.62. The minimum Gasteiger partial charge on any atom is -0.330 e. The zero-order chi connectivity index (χ0) is 20.1. The highest BCUT2D eigenvalue weighted by molar-refractivity contribution is 5.26. The van der Waals surface area contributed by atoms with Crippen molar-refractivity contribution in [3.8, 4) is 0 Å².